The Hall–Kier alpha value is -3.17. The summed E-state index contributed by atoms with van der Waals surface area (Å²) in [5.74, 6) is -2.72. The first-order chi connectivity index (χ1) is 18.5. The number of carbonyl (C=O) groups is 3. The third-order valence-electron chi connectivity index (χ3n) is 8.86. The summed E-state index contributed by atoms with van der Waals surface area (Å²) in [6.07, 6.45) is 3.51. The summed E-state index contributed by atoms with van der Waals surface area (Å²) < 4.78 is 17.5. The topological polar surface area (TPSA) is 106 Å². The minimum Gasteiger partial charge on any atom is -0.497 e. The first-order valence-electron chi connectivity index (χ1n) is 13.5. The summed E-state index contributed by atoms with van der Waals surface area (Å²) in [6, 6.07) is 5.36. The number of amides is 2. The van der Waals surface area contributed by atoms with Crippen molar-refractivity contribution < 1.29 is 33.7 Å². The molecule has 1 spiro atoms. The SMILES string of the molecule is C=CCOC(=O)[C@H]1[C@H]2C(=O)N([C@@H](CO)C(C)C)C(C(=O)N(CC=C)c3ccc(OC)cc3)C23CC(C)[C@]1(C)O3. The molecule has 1 N–H and O–H groups in total. The number of ether oxygens (including phenoxy) is 3. The van der Waals surface area contributed by atoms with Crippen molar-refractivity contribution in [1.82, 2.24) is 4.90 Å². The maximum atomic E-state index is 14.6. The fraction of sp³-hybridized carbons (Fsp3) is 0.567. The highest BCUT2D eigenvalue weighted by Gasteiger charge is 2.80. The normalized spacial score (nSPS) is 31.7. The average molecular weight is 541 g/mol. The van der Waals surface area contributed by atoms with Gasteiger partial charge in [0.25, 0.3) is 5.91 Å². The second kappa shape index (κ2) is 10.8. The molecular formula is C30H40N2O7. The highest BCUT2D eigenvalue weighted by molar-refractivity contribution is 6.05. The lowest BCUT2D eigenvalue weighted by molar-refractivity contribution is -0.162. The van der Waals surface area contributed by atoms with Crippen LogP contribution in [0.25, 0.3) is 0 Å². The van der Waals surface area contributed by atoms with Crippen LogP contribution in [-0.4, -0.2) is 77.9 Å². The molecule has 7 atom stereocenters. The molecule has 212 valence electrons. The molecule has 4 rings (SSSR count). The van der Waals surface area contributed by atoms with Gasteiger partial charge in [0, 0.05) is 12.2 Å². The Bertz CT molecular complexity index is 1130. The van der Waals surface area contributed by atoms with Crippen LogP contribution in [0.2, 0.25) is 0 Å². The van der Waals surface area contributed by atoms with Crippen LogP contribution < -0.4 is 9.64 Å². The molecule has 2 amide bonds. The van der Waals surface area contributed by atoms with E-state index in [0.29, 0.717) is 17.9 Å². The van der Waals surface area contributed by atoms with Crippen LogP contribution in [0, 0.1) is 23.7 Å². The van der Waals surface area contributed by atoms with Crippen molar-refractivity contribution in [2.24, 2.45) is 23.7 Å². The molecule has 3 fully saturated rings. The first kappa shape index (κ1) is 28.8. The van der Waals surface area contributed by atoms with Crippen molar-refractivity contribution in [1.29, 1.82) is 0 Å². The van der Waals surface area contributed by atoms with Crippen molar-refractivity contribution in [2.75, 3.05) is 31.8 Å². The Morgan fingerprint density at radius 3 is 2.46 bits per heavy atom. The van der Waals surface area contributed by atoms with Gasteiger partial charge < -0.3 is 29.1 Å². The number of hydrogen-bond acceptors (Lipinski definition) is 7. The zero-order valence-electron chi connectivity index (χ0n) is 23.5. The molecule has 0 aromatic heterocycles. The molecule has 3 saturated heterocycles. The number of nitrogens with zero attached hydrogens (tertiary/aromatic N) is 2. The third kappa shape index (κ3) is 4.36. The molecule has 1 aromatic rings. The van der Waals surface area contributed by atoms with Crippen LogP contribution in [0.15, 0.2) is 49.6 Å². The fourth-order valence-electron chi connectivity index (χ4n) is 6.88. The van der Waals surface area contributed by atoms with Gasteiger partial charge in [-0.1, -0.05) is 39.5 Å². The number of benzene rings is 1. The average Bonchev–Trinajstić information content (AvgIpc) is 3.42. The van der Waals surface area contributed by atoms with Crippen LogP contribution in [0.4, 0.5) is 5.69 Å². The summed E-state index contributed by atoms with van der Waals surface area (Å²) in [5, 5.41) is 10.4. The molecule has 0 aliphatic carbocycles. The molecule has 3 aliphatic rings. The van der Waals surface area contributed by atoms with Crippen LogP contribution in [0.5, 0.6) is 5.75 Å². The van der Waals surface area contributed by atoms with E-state index in [2.05, 4.69) is 13.2 Å². The number of rotatable bonds is 11. The van der Waals surface area contributed by atoms with Crippen molar-refractivity contribution in [3.05, 3.63) is 49.6 Å². The number of aliphatic hydroxyl groups is 1. The number of carbonyl (C=O) groups excluding carboxylic acids is 3. The maximum Gasteiger partial charge on any atom is 0.313 e. The molecule has 3 unspecified atom stereocenters. The van der Waals surface area contributed by atoms with Gasteiger partial charge in [-0.3, -0.25) is 14.4 Å². The van der Waals surface area contributed by atoms with Gasteiger partial charge in [0.15, 0.2) is 0 Å². The minimum atomic E-state index is -1.26. The number of likely N-dealkylation sites (tertiary alicyclic amines) is 1. The Kier molecular flexibility index (Phi) is 7.96. The van der Waals surface area contributed by atoms with Gasteiger partial charge in [-0.05, 0) is 49.4 Å². The van der Waals surface area contributed by atoms with E-state index in [-0.39, 0.29) is 43.4 Å². The molecular weight excluding hydrogens is 500 g/mol. The molecule has 39 heavy (non-hydrogen) atoms. The second-order valence-electron chi connectivity index (χ2n) is 11.3. The zero-order valence-corrected chi connectivity index (χ0v) is 23.5. The van der Waals surface area contributed by atoms with Gasteiger partial charge in [-0.15, -0.1) is 6.58 Å². The van der Waals surface area contributed by atoms with Gasteiger partial charge in [0.1, 0.15) is 29.9 Å². The predicted octanol–water partition coefficient (Wildman–Crippen LogP) is 2.97. The van der Waals surface area contributed by atoms with Crippen LogP contribution in [0.1, 0.15) is 34.1 Å². The molecule has 2 bridgehead atoms. The van der Waals surface area contributed by atoms with Gasteiger partial charge in [-0.25, -0.2) is 0 Å². The van der Waals surface area contributed by atoms with Crippen molar-refractivity contribution in [3.63, 3.8) is 0 Å². The highest BCUT2D eigenvalue weighted by Crippen LogP contribution is 2.66. The van der Waals surface area contributed by atoms with Crippen LogP contribution in [0.3, 0.4) is 0 Å². The zero-order chi connectivity index (χ0) is 28.7. The third-order valence-corrected chi connectivity index (χ3v) is 8.86. The van der Waals surface area contributed by atoms with Crippen molar-refractivity contribution in [2.45, 2.75) is 57.4 Å². The van der Waals surface area contributed by atoms with E-state index in [1.165, 1.54) is 11.0 Å². The van der Waals surface area contributed by atoms with E-state index in [9.17, 15) is 19.5 Å². The summed E-state index contributed by atoms with van der Waals surface area (Å²) in [4.78, 5) is 45.4. The first-order valence-corrected chi connectivity index (χ1v) is 13.5. The minimum absolute atomic E-state index is 0.00954. The maximum absolute atomic E-state index is 14.6. The molecule has 3 heterocycles. The van der Waals surface area contributed by atoms with E-state index in [1.807, 2.05) is 27.7 Å². The number of hydrogen-bond donors (Lipinski definition) is 1. The Morgan fingerprint density at radius 2 is 1.92 bits per heavy atom. The molecule has 3 aliphatic heterocycles. The summed E-state index contributed by atoms with van der Waals surface area (Å²) in [7, 11) is 1.57. The summed E-state index contributed by atoms with van der Waals surface area (Å²) >= 11 is 0. The molecule has 9 heteroatoms. The Labute approximate surface area is 230 Å². The van der Waals surface area contributed by atoms with Gasteiger partial charge in [0.2, 0.25) is 5.91 Å². The van der Waals surface area contributed by atoms with E-state index < -0.39 is 41.1 Å². The monoisotopic (exact) mass is 540 g/mol. The molecule has 0 radical (unpaired) electrons. The van der Waals surface area contributed by atoms with E-state index in [0.717, 1.165) is 0 Å². The number of esters is 1. The van der Waals surface area contributed by atoms with Gasteiger partial charge in [-0.2, -0.15) is 0 Å². The highest BCUT2D eigenvalue weighted by atomic mass is 16.6. The van der Waals surface area contributed by atoms with Crippen molar-refractivity contribution in [3.8, 4) is 5.75 Å². The van der Waals surface area contributed by atoms with Crippen LogP contribution in [-0.2, 0) is 23.9 Å². The van der Waals surface area contributed by atoms with E-state index in [1.54, 1.807) is 42.4 Å². The van der Waals surface area contributed by atoms with E-state index in [4.69, 9.17) is 14.2 Å². The molecule has 9 nitrogen and oxygen atoms in total. The fourth-order valence-corrected chi connectivity index (χ4v) is 6.88. The van der Waals surface area contributed by atoms with Gasteiger partial charge in [0.05, 0.1) is 31.3 Å². The lowest BCUT2D eigenvalue weighted by Crippen LogP contribution is -2.60. The number of fused-ring (bicyclic) bond motifs is 1. The standard InChI is InChI=1S/C30H40N2O7/c1-8-14-31(20-10-12-21(37-7)13-11-20)27(35)25-30-16-19(5)29(6,39-30)24(28(36)38-15-9-2)23(30)26(34)32(25)22(17-33)18(3)4/h8-13,18-19,22-25,33H,1-2,14-17H2,3-7H3/t19?,22-,23-,24+,25?,29-,30?/m0/s1. The summed E-state index contributed by atoms with van der Waals surface area (Å²) in [6.45, 7) is 14.9. The Balaban J connectivity index is 1.87. The molecule has 0 saturated carbocycles. The van der Waals surface area contributed by atoms with Gasteiger partial charge >= 0.3 is 5.97 Å². The van der Waals surface area contributed by atoms with Crippen molar-refractivity contribution >= 4 is 23.5 Å². The summed E-state index contributed by atoms with van der Waals surface area (Å²) in [5.41, 5.74) is -1.64. The largest absolute Gasteiger partial charge is 0.497 e. The predicted molar refractivity (Wildman–Crippen MR) is 146 cm³/mol. The van der Waals surface area contributed by atoms with E-state index >= 15 is 0 Å². The smallest absolute Gasteiger partial charge is 0.313 e. The Morgan fingerprint density at radius 1 is 1.26 bits per heavy atom. The number of anilines is 1. The lowest BCUT2D eigenvalue weighted by atomic mass is 9.62. The molecule has 1 aromatic carbocycles. The lowest BCUT2D eigenvalue weighted by Gasteiger charge is -2.40. The van der Waals surface area contributed by atoms with Crippen LogP contribution >= 0.6 is 0 Å². The quantitative estimate of drug-likeness (QED) is 0.340. The second-order valence-corrected chi connectivity index (χ2v) is 11.3. The number of aliphatic hydroxyl groups excluding tert-OH is 1. The number of methoxy groups -OCH3 is 1.